The van der Waals surface area contributed by atoms with Gasteiger partial charge in [-0.2, -0.15) is 9.97 Å². The standard InChI is InChI=1S/C50H31N5S/c1-4-14-32(15-5-1)35-20-12-22-37(28-35)48-52-49(38-23-13-21-36(29-38)33-16-6-2-7-17-33)54-50(53-48)55-43-27-26-42(34-18-8-3-9-19-34)51-47(43)41-30-40-39-24-10-11-25-45(39)56-46(40)31-44(41)55/h1-31H. The number of thiophene rings is 1. The van der Waals surface area contributed by atoms with Crippen LogP contribution in [-0.4, -0.2) is 24.5 Å². The largest absolute Gasteiger partial charge is 0.276 e. The summed E-state index contributed by atoms with van der Waals surface area (Å²) in [6.07, 6.45) is 0. The lowest BCUT2D eigenvalue weighted by atomic mass is 10.0. The van der Waals surface area contributed by atoms with Crippen LogP contribution < -0.4 is 0 Å². The fourth-order valence-corrected chi connectivity index (χ4v) is 8.86. The zero-order valence-corrected chi connectivity index (χ0v) is 30.9. The van der Waals surface area contributed by atoms with E-state index < -0.39 is 0 Å². The van der Waals surface area contributed by atoms with Crippen LogP contribution in [0.25, 0.3) is 104 Å². The minimum atomic E-state index is 0.537. The lowest BCUT2D eigenvalue weighted by Gasteiger charge is -2.12. The normalized spacial score (nSPS) is 11.6. The van der Waals surface area contributed by atoms with Crippen LogP contribution in [0.4, 0.5) is 0 Å². The minimum Gasteiger partial charge on any atom is -0.276 e. The summed E-state index contributed by atoms with van der Waals surface area (Å²) in [6, 6.07) is 65.6. The van der Waals surface area contributed by atoms with Gasteiger partial charge in [0.2, 0.25) is 5.95 Å². The molecule has 7 aromatic carbocycles. The van der Waals surface area contributed by atoms with Crippen molar-refractivity contribution in [1.82, 2.24) is 24.5 Å². The van der Waals surface area contributed by atoms with Gasteiger partial charge < -0.3 is 0 Å². The second kappa shape index (κ2) is 13.2. The average molecular weight is 734 g/mol. The van der Waals surface area contributed by atoms with Gasteiger partial charge in [-0.1, -0.05) is 146 Å². The molecule has 6 heteroatoms. The van der Waals surface area contributed by atoms with Crippen molar-refractivity contribution in [3.63, 3.8) is 0 Å². The Kier molecular flexibility index (Phi) is 7.60. The summed E-state index contributed by atoms with van der Waals surface area (Å²) in [5, 5.41) is 3.52. The highest BCUT2D eigenvalue weighted by atomic mass is 32.1. The highest BCUT2D eigenvalue weighted by Crippen LogP contribution is 2.41. The number of pyridine rings is 1. The molecule has 0 fully saturated rings. The van der Waals surface area contributed by atoms with E-state index in [1.165, 1.54) is 20.2 Å². The molecule has 0 atom stereocenters. The Labute approximate surface area is 326 Å². The van der Waals surface area contributed by atoms with E-state index in [0.717, 1.165) is 66.6 Å². The number of fused-ring (bicyclic) bond motifs is 6. The van der Waals surface area contributed by atoms with Crippen molar-refractivity contribution in [2.24, 2.45) is 0 Å². The molecule has 0 N–H and O–H groups in total. The zero-order valence-electron chi connectivity index (χ0n) is 30.0. The first kappa shape index (κ1) is 32.2. The first-order valence-corrected chi connectivity index (χ1v) is 19.5. The number of aromatic nitrogens is 5. The van der Waals surface area contributed by atoms with Gasteiger partial charge in [0.15, 0.2) is 11.6 Å². The molecule has 262 valence electrons. The van der Waals surface area contributed by atoms with Gasteiger partial charge in [-0.3, -0.25) is 4.57 Å². The van der Waals surface area contributed by atoms with Gasteiger partial charge in [0.05, 0.1) is 22.2 Å². The molecule has 4 heterocycles. The van der Waals surface area contributed by atoms with Crippen LogP contribution in [0.15, 0.2) is 188 Å². The molecule has 0 bridgehead atoms. The SMILES string of the molecule is c1ccc(-c2cccc(-c3nc(-c4cccc(-c5ccccc5)c4)nc(-n4c5cc6sc7ccccc7c6cc5c5nc(-c6ccccc6)ccc54)n3)c2)cc1. The molecule has 11 rings (SSSR count). The Morgan fingerprint density at radius 1 is 0.339 bits per heavy atom. The van der Waals surface area contributed by atoms with Gasteiger partial charge in [-0.25, -0.2) is 9.97 Å². The molecule has 56 heavy (non-hydrogen) atoms. The van der Waals surface area contributed by atoms with Crippen molar-refractivity contribution in [3.8, 4) is 62.2 Å². The van der Waals surface area contributed by atoms with Crippen LogP contribution in [0.2, 0.25) is 0 Å². The Balaban J connectivity index is 1.19. The first-order valence-electron chi connectivity index (χ1n) is 18.6. The molecule has 0 aliphatic heterocycles. The Morgan fingerprint density at radius 2 is 0.893 bits per heavy atom. The van der Waals surface area contributed by atoms with Crippen molar-refractivity contribution in [2.75, 3.05) is 0 Å². The molecular weight excluding hydrogens is 703 g/mol. The van der Waals surface area contributed by atoms with E-state index in [1.807, 2.05) is 18.2 Å². The number of benzene rings is 7. The third-order valence-corrected chi connectivity index (χ3v) is 11.6. The van der Waals surface area contributed by atoms with Crippen molar-refractivity contribution >= 4 is 53.4 Å². The Morgan fingerprint density at radius 3 is 1.54 bits per heavy atom. The molecular formula is C50H31N5S. The smallest absolute Gasteiger partial charge is 0.238 e. The molecule has 5 nitrogen and oxygen atoms in total. The summed E-state index contributed by atoms with van der Waals surface area (Å²) in [5.41, 5.74) is 11.1. The molecule has 0 aliphatic rings. The van der Waals surface area contributed by atoms with Gasteiger partial charge in [0.25, 0.3) is 0 Å². The van der Waals surface area contributed by atoms with Crippen molar-refractivity contribution in [3.05, 3.63) is 188 Å². The third-order valence-electron chi connectivity index (χ3n) is 10.5. The summed E-state index contributed by atoms with van der Waals surface area (Å²) < 4.78 is 4.63. The number of hydrogen-bond donors (Lipinski definition) is 0. The predicted molar refractivity (Wildman–Crippen MR) is 232 cm³/mol. The molecule has 0 saturated heterocycles. The van der Waals surface area contributed by atoms with Crippen LogP contribution in [0, 0.1) is 0 Å². The molecule has 0 spiro atoms. The molecule has 11 aromatic rings. The topological polar surface area (TPSA) is 56.5 Å². The van der Waals surface area contributed by atoms with Crippen LogP contribution in [0.3, 0.4) is 0 Å². The summed E-state index contributed by atoms with van der Waals surface area (Å²) in [5.74, 6) is 1.73. The highest BCUT2D eigenvalue weighted by Gasteiger charge is 2.21. The second-order valence-corrected chi connectivity index (χ2v) is 15.0. The summed E-state index contributed by atoms with van der Waals surface area (Å²) in [6.45, 7) is 0. The molecule has 4 aromatic heterocycles. The van der Waals surface area contributed by atoms with Crippen LogP contribution in [0.1, 0.15) is 0 Å². The first-order chi connectivity index (χ1) is 27.7. The van der Waals surface area contributed by atoms with E-state index in [2.05, 4.69) is 174 Å². The van der Waals surface area contributed by atoms with Crippen molar-refractivity contribution < 1.29 is 0 Å². The average Bonchev–Trinajstić information content (AvgIpc) is 3.80. The van der Waals surface area contributed by atoms with Gasteiger partial charge in [0, 0.05) is 42.2 Å². The van der Waals surface area contributed by atoms with E-state index in [1.54, 1.807) is 11.3 Å². The lowest BCUT2D eigenvalue weighted by Crippen LogP contribution is -2.06. The van der Waals surface area contributed by atoms with E-state index in [-0.39, 0.29) is 0 Å². The monoisotopic (exact) mass is 733 g/mol. The number of nitrogens with zero attached hydrogens (tertiary/aromatic N) is 5. The van der Waals surface area contributed by atoms with E-state index >= 15 is 0 Å². The maximum absolute atomic E-state index is 5.35. The molecule has 0 unspecified atom stereocenters. The number of hydrogen-bond acceptors (Lipinski definition) is 5. The van der Waals surface area contributed by atoms with E-state index in [4.69, 9.17) is 19.9 Å². The molecule has 0 aliphatic carbocycles. The second-order valence-electron chi connectivity index (χ2n) is 13.9. The maximum Gasteiger partial charge on any atom is 0.238 e. The van der Waals surface area contributed by atoms with Gasteiger partial charge in [-0.15, -0.1) is 11.3 Å². The molecule has 0 amide bonds. The molecule has 0 saturated carbocycles. The van der Waals surface area contributed by atoms with E-state index in [9.17, 15) is 0 Å². The Hall–Kier alpha value is -7.28. The van der Waals surface area contributed by atoms with Gasteiger partial charge in [-0.05, 0) is 64.7 Å². The Bertz CT molecular complexity index is 3140. The zero-order chi connectivity index (χ0) is 37.0. The van der Waals surface area contributed by atoms with E-state index in [0.29, 0.717) is 17.6 Å². The van der Waals surface area contributed by atoms with Gasteiger partial charge in [0.1, 0.15) is 0 Å². The fraction of sp³-hybridized carbons (Fsp3) is 0. The lowest BCUT2D eigenvalue weighted by molar-refractivity contribution is 0.953. The number of rotatable bonds is 6. The maximum atomic E-state index is 5.35. The fourth-order valence-electron chi connectivity index (χ4n) is 7.74. The predicted octanol–water partition coefficient (Wildman–Crippen LogP) is 13.1. The summed E-state index contributed by atoms with van der Waals surface area (Å²) in [4.78, 5) is 21.2. The highest BCUT2D eigenvalue weighted by molar-refractivity contribution is 7.25. The quantitative estimate of drug-likeness (QED) is 0.171. The summed E-state index contributed by atoms with van der Waals surface area (Å²) in [7, 11) is 0. The van der Waals surface area contributed by atoms with Crippen LogP contribution in [-0.2, 0) is 0 Å². The third kappa shape index (κ3) is 5.54. The van der Waals surface area contributed by atoms with Crippen LogP contribution in [0.5, 0.6) is 0 Å². The van der Waals surface area contributed by atoms with Crippen molar-refractivity contribution in [1.29, 1.82) is 0 Å². The van der Waals surface area contributed by atoms with Gasteiger partial charge >= 0.3 is 0 Å². The van der Waals surface area contributed by atoms with Crippen LogP contribution >= 0.6 is 11.3 Å². The minimum absolute atomic E-state index is 0.537. The molecule has 0 radical (unpaired) electrons. The van der Waals surface area contributed by atoms with Crippen molar-refractivity contribution in [2.45, 2.75) is 0 Å². The summed E-state index contributed by atoms with van der Waals surface area (Å²) >= 11 is 1.80.